The molecule has 0 aliphatic rings. The Hall–Kier alpha value is -2.01. The molecule has 0 spiro atoms. The minimum absolute atomic E-state index is 0.0543. The van der Waals surface area contributed by atoms with Gasteiger partial charge in [0.15, 0.2) is 0 Å². The monoisotopic (exact) mass is 333 g/mol. The Labute approximate surface area is 126 Å². The van der Waals surface area contributed by atoms with Crippen molar-refractivity contribution in [2.24, 2.45) is 10.9 Å². The number of nitrogens with zero attached hydrogens (tertiary/aromatic N) is 1. The number of amidine groups is 1. The zero-order valence-electron chi connectivity index (χ0n) is 10.8. The number of rotatable bonds is 5. The summed E-state index contributed by atoms with van der Waals surface area (Å²) in [6.45, 7) is 0. The maximum absolute atomic E-state index is 8.77. The van der Waals surface area contributed by atoms with Crippen LogP contribution in [-0.2, 0) is 0 Å². The number of hydrogen-bond acceptors (Lipinski definition) is 3. The van der Waals surface area contributed by atoms with Crippen LogP contribution in [0.2, 0.25) is 0 Å². The number of anilines is 1. The molecule has 0 radical (unpaired) electrons. The largest absolute Gasteiger partial charge is 0.409 e. The van der Waals surface area contributed by atoms with E-state index in [-0.39, 0.29) is 11.9 Å². The lowest BCUT2D eigenvalue weighted by atomic mass is 10.0. The molecule has 2 aromatic rings. The Balaban J connectivity index is 2.23. The van der Waals surface area contributed by atoms with Crippen molar-refractivity contribution in [1.82, 2.24) is 0 Å². The minimum atomic E-state index is -0.0543. The molecule has 2 rings (SSSR count). The Morgan fingerprint density at radius 3 is 2.60 bits per heavy atom. The number of benzene rings is 2. The van der Waals surface area contributed by atoms with Crippen molar-refractivity contribution in [2.45, 2.75) is 12.5 Å². The van der Waals surface area contributed by atoms with Crippen LogP contribution in [0.3, 0.4) is 0 Å². The predicted molar refractivity (Wildman–Crippen MR) is 85.0 cm³/mol. The van der Waals surface area contributed by atoms with Gasteiger partial charge in [-0.25, -0.2) is 0 Å². The highest BCUT2D eigenvalue weighted by atomic mass is 79.9. The second-order valence-electron chi connectivity index (χ2n) is 4.41. The zero-order valence-corrected chi connectivity index (χ0v) is 12.4. The predicted octanol–water partition coefficient (Wildman–Crippen LogP) is 3.74. The van der Waals surface area contributed by atoms with Gasteiger partial charge >= 0.3 is 0 Å². The van der Waals surface area contributed by atoms with E-state index in [2.05, 4.69) is 26.4 Å². The Morgan fingerprint density at radius 2 is 1.95 bits per heavy atom. The SMILES string of the molecule is NC(CC(Nc1cccc(Br)c1)c1ccccc1)=NO. The molecule has 0 aromatic heterocycles. The van der Waals surface area contributed by atoms with E-state index in [1.54, 1.807) is 0 Å². The van der Waals surface area contributed by atoms with Gasteiger partial charge in [-0.1, -0.05) is 57.5 Å². The summed E-state index contributed by atoms with van der Waals surface area (Å²) in [4.78, 5) is 0. The van der Waals surface area contributed by atoms with Crippen LogP contribution in [0.15, 0.2) is 64.2 Å². The topological polar surface area (TPSA) is 70.6 Å². The van der Waals surface area contributed by atoms with E-state index < -0.39 is 0 Å². The number of hydrogen-bond donors (Lipinski definition) is 3. The Bertz CT molecular complexity index is 587. The van der Waals surface area contributed by atoms with Gasteiger partial charge in [-0.3, -0.25) is 0 Å². The van der Waals surface area contributed by atoms with Crippen LogP contribution in [0.1, 0.15) is 18.0 Å². The second kappa shape index (κ2) is 6.96. The van der Waals surface area contributed by atoms with Gasteiger partial charge in [-0.2, -0.15) is 0 Å². The molecule has 0 fully saturated rings. The number of nitrogens with one attached hydrogen (secondary N) is 1. The van der Waals surface area contributed by atoms with Gasteiger partial charge in [-0.05, 0) is 23.8 Å². The fraction of sp³-hybridized carbons (Fsp3) is 0.133. The maximum Gasteiger partial charge on any atom is 0.141 e. The summed E-state index contributed by atoms with van der Waals surface area (Å²) in [5.74, 6) is 0.196. The molecule has 4 N–H and O–H groups in total. The number of nitrogens with two attached hydrogens (primary N) is 1. The Morgan fingerprint density at radius 1 is 1.20 bits per heavy atom. The van der Waals surface area contributed by atoms with Crippen LogP contribution >= 0.6 is 15.9 Å². The highest BCUT2D eigenvalue weighted by Gasteiger charge is 2.13. The van der Waals surface area contributed by atoms with E-state index >= 15 is 0 Å². The highest BCUT2D eigenvalue weighted by Crippen LogP contribution is 2.24. The molecule has 20 heavy (non-hydrogen) atoms. The first kappa shape index (κ1) is 14.4. The van der Waals surface area contributed by atoms with Crippen LogP contribution < -0.4 is 11.1 Å². The average Bonchev–Trinajstić information content (AvgIpc) is 2.47. The molecule has 0 aliphatic carbocycles. The van der Waals surface area contributed by atoms with Crippen LogP contribution in [0.25, 0.3) is 0 Å². The first-order valence-electron chi connectivity index (χ1n) is 6.22. The van der Waals surface area contributed by atoms with Crippen molar-refractivity contribution in [3.05, 3.63) is 64.6 Å². The van der Waals surface area contributed by atoms with Crippen LogP contribution in [-0.4, -0.2) is 11.0 Å². The zero-order chi connectivity index (χ0) is 14.4. The van der Waals surface area contributed by atoms with Crippen molar-refractivity contribution < 1.29 is 5.21 Å². The van der Waals surface area contributed by atoms with Gasteiger partial charge in [0.2, 0.25) is 0 Å². The molecule has 2 aromatic carbocycles. The number of halogens is 1. The van der Waals surface area contributed by atoms with Crippen LogP contribution in [0.4, 0.5) is 5.69 Å². The summed E-state index contributed by atoms with van der Waals surface area (Å²) < 4.78 is 0.998. The molecule has 0 heterocycles. The third-order valence-corrected chi connectivity index (χ3v) is 3.40. The average molecular weight is 334 g/mol. The normalized spacial score (nSPS) is 12.9. The quantitative estimate of drug-likeness (QED) is 0.338. The lowest BCUT2D eigenvalue weighted by Crippen LogP contribution is -2.21. The van der Waals surface area contributed by atoms with E-state index in [9.17, 15) is 0 Å². The van der Waals surface area contributed by atoms with Crippen molar-refractivity contribution in [3.8, 4) is 0 Å². The Kier molecular flexibility index (Phi) is 5.01. The van der Waals surface area contributed by atoms with Crippen molar-refractivity contribution in [2.75, 3.05) is 5.32 Å². The first-order valence-corrected chi connectivity index (χ1v) is 7.02. The van der Waals surface area contributed by atoms with E-state index in [0.29, 0.717) is 6.42 Å². The van der Waals surface area contributed by atoms with E-state index in [0.717, 1.165) is 15.7 Å². The van der Waals surface area contributed by atoms with E-state index in [1.807, 2.05) is 54.6 Å². The van der Waals surface area contributed by atoms with Gasteiger partial charge in [0.1, 0.15) is 5.84 Å². The summed E-state index contributed by atoms with van der Waals surface area (Å²) in [6.07, 6.45) is 0.424. The van der Waals surface area contributed by atoms with E-state index in [1.165, 1.54) is 0 Å². The molecule has 0 saturated carbocycles. The summed E-state index contributed by atoms with van der Waals surface area (Å²) in [5.41, 5.74) is 7.70. The fourth-order valence-electron chi connectivity index (χ4n) is 1.97. The number of oxime groups is 1. The molecule has 1 atom stereocenters. The molecule has 0 bridgehead atoms. The molecule has 1 unspecified atom stereocenters. The summed E-state index contributed by atoms with van der Waals surface area (Å²) >= 11 is 3.44. The fourth-order valence-corrected chi connectivity index (χ4v) is 2.37. The first-order chi connectivity index (χ1) is 9.69. The van der Waals surface area contributed by atoms with Gasteiger partial charge < -0.3 is 16.3 Å². The maximum atomic E-state index is 8.77. The molecule has 0 aliphatic heterocycles. The highest BCUT2D eigenvalue weighted by molar-refractivity contribution is 9.10. The van der Waals surface area contributed by atoms with Crippen molar-refractivity contribution in [3.63, 3.8) is 0 Å². The summed E-state index contributed by atoms with van der Waals surface area (Å²) in [7, 11) is 0. The summed E-state index contributed by atoms with van der Waals surface area (Å²) in [6, 6.07) is 17.8. The minimum Gasteiger partial charge on any atom is -0.409 e. The van der Waals surface area contributed by atoms with Crippen LogP contribution in [0, 0.1) is 0 Å². The second-order valence-corrected chi connectivity index (χ2v) is 5.33. The molecule has 104 valence electrons. The molecular formula is C15H16BrN3O. The molecule has 4 nitrogen and oxygen atoms in total. The molecule has 5 heteroatoms. The van der Waals surface area contributed by atoms with Crippen molar-refractivity contribution in [1.29, 1.82) is 0 Å². The van der Waals surface area contributed by atoms with Crippen molar-refractivity contribution >= 4 is 27.5 Å². The molecule has 0 amide bonds. The van der Waals surface area contributed by atoms with Gasteiger partial charge in [0.25, 0.3) is 0 Å². The summed E-state index contributed by atoms with van der Waals surface area (Å²) in [5, 5.41) is 15.2. The van der Waals surface area contributed by atoms with Gasteiger partial charge in [0, 0.05) is 16.6 Å². The van der Waals surface area contributed by atoms with Gasteiger partial charge in [0.05, 0.1) is 6.04 Å². The van der Waals surface area contributed by atoms with Gasteiger partial charge in [-0.15, -0.1) is 0 Å². The van der Waals surface area contributed by atoms with E-state index in [4.69, 9.17) is 10.9 Å². The standard InChI is InChI=1S/C15H16BrN3O/c16-12-7-4-8-13(9-12)18-14(10-15(17)19-20)11-5-2-1-3-6-11/h1-9,14,18,20H,10H2,(H2,17,19). The smallest absolute Gasteiger partial charge is 0.141 e. The lowest BCUT2D eigenvalue weighted by molar-refractivity contribution is 0.316. The molecular weight excluding hydrogens is 318 g/mol. The van der Waals surface area contributed by atoms with Crippen LogP contribution in [0.5, 0.6) is 0 Å². The lowest BCUT2D eigenvalue weighted by Gasteiger charge is -2.20. The third kappa shape index (κ3) is 3.99. The molecule has 0 saturated heterocycles. The third-order valence-electron chi connectivity index (χ3n) is 2.91.